The van der Waals surface area contributed by atoms with Gasteiger partial charge in [0.25, 0.3) is 0 Å². The molecule has 124 valence electrons. The maximum atomic E-state index is 6.41. The third kappa shape index (κ3) is 4.02. The Bertz CT molecular complexity index is 440. The van der Waals surface area contributed by atoms with E-state index in [1.54, 1.807) is 5.19 Å². The zero-order chi connectivity index (χ0) is 16.2. The summed E-state index contributed by atoms with van der Waals surface area (Å²) in [4.78, 5) is 0. The Morgan fingerprint density at radius 1 is 1.18 bits per heavy atom. The number of unbranched alkanes of at least 4 members (excludes halogenated alkanes) is 1. The van der Waals surface area contributed by atoms with Gasteiger partial charge in [0.05, 0.1) is 14.2 Å². The number of benzene rings is 1. The fraction of sp³-hybridized carbons (Fsp3) is 0.700. The van der Waals surface area contributed by atoms with E-state index >= 15 is 0 Å². The average molecular weight is 319 g/mol. The van der Waals surface area contributed by atoms with E-state index < -0.39 is 8.07 Å². The molecule has 1 saturated heterocycles. The van der Waals surface area contributed by atoms with Crippen molar-refractivity contribution >= 4 is 13.3 Å². The summed E-state index contributed by atoms with van der Waals surface area (Å²) in [5.74, 6) is 1.47. The fourth-order valence-corrected chi connectivity index (χ4v) is 7.47. The first-order valence-electron chi connectivity index (χ1n) is 9.14. The van der Waals surface area contributed by atoms with Crippen LogP contribution >= 0.6 is 0 Å². The molecule has 2 heteroatoms. The van der Waals surface area contributed by atoms with Gasteiger partial charge in [-0.15, -0.1) is 0 Å². The minimum Gasteiger partial charge on any atom is -0.378 e. The van der Waals surface area contributed by atoms with Gasteiger partial charge in [-0.05, 0) is 30.2 Å². The van der Waals surface area contributed by atoms with Crippen LogP contribution in [0.2, 0.25) is 18.6 Å². The zero-order valence-corrected chi connectivity index (χ0v) is 16.1. The van der Waals surface area contributed by atoms with Crippen LogP contribution in [0.5, 0.6) is 0 Å². The largest absolute Gasteiger partial charge is 0.378 e. The molecule has 0 bridgehead atoms. The lowest BCUT2D eigenvalue weighted by Gasteiger charge is -2.45. The maximum absolute atomic E-state index is 6.41. The molecule has 1 heterocycles. The molecule has 0 spiro atoms. The summed E-state index contributed by atoms with van der Waals surface area (Å²) >= 11 is 0. The Kier molecular flexibility index (Phi) is 6.28. The van der Waals surface area contributed by atoms with Gasteiger partial charge in [-0.1, -0.05) is 82.2 Å². The summed E-state index contributed by atoms with van der Waals surface area (Å²) in [7, 11) is -1.50. The first-order chi connectivity index (χ1) is 10.5. The molecule has 0 radical (unpaired) electrons. The third-order valence-electron chi connectivity index (χ3n) is 5.76. The molecular weight excluding hydrogens is 284 g/mol. The van der Waals surface area contributed by atoms with Gasteiger partial charge in [-0.2, -0.15) is 0 Å². The van der Waals surface area contributed by atoms with Crippen LogP contribution in [0.1, 0.15) is 46.5 Å². The van der Waals surface area contributed by atoms with Gasteiger partial charge in [-0.25, -0.2) is 0 Å². The second-order valence-corrected chi connectivity index (χ2v) is 12.7. The van der Waals surface area contributed by atoms with E-state index in [1.165, 1.54) is 25.7 Å². The molecule has 1 nitrogen and oxygen atoms in total. The van der Waals surface area contributed by atoms with Gasteiger partial charge in [0.2, 0.25) is 0 Å². The van der Waals surface area contributed by atoms with Gasteiger partial charge in [0.15, 0.2) is 0 Å². The van der Waals surface area contributed by atoms with E-state index in [2.05, 4.69) is 64.2 Å². The number of rotatable bonds is 6. The van der Waals surface area contributed by atoms with Gasteiger partial charge >= 0.3 is 0 Å². The van der Waals surface area contributed by atoms with Crippen molar-refractivity contribution in [2.24, 2.45) is 11.8 Å². The SMILES string of the molecule is CCCC[C@H]1OC[C@H](C(C)C)C[C@@H]1[Si](C)(C)c1ccccc1. The topological polar surface area (TPSA) is 9.23 Å². The first kappa shape index (κ1) is 17.7. The van der Waals surface area contributed by atoms with Crippen molar-refractivity contribution < 1.29 is 4.74 Å². The minimum absolute atomic E-state index is 0.483. The quantitative estimate of drug-likeness (QED) is 0.653. The van der Waals surface area contributed by atoms with E-state index in [0.29, 0.717) is 6.10 Å². The van der Waals surface area contributed by atoms with Crippen molar-refractivity contribution in [2.75, 3.05) is 6.61 Å². The minimum atomic E-state index is -1.50. The predicted octanol–water partition coefficient (Wildman–Crippen LogP) is 5.22. The molecule has 1 aliphatic heterocycles. The molecule has 1 aliphatic rings. The van der Waals surface area contributed by atoms with E-state index in [-0.39, 0.29) is 0 Å². The lowest BCUT2D eigenvalue weighted by Crippen LogP contribution is -2.53. The molecule has 1 aromatic rings. The summed E-state index contributed by atoms with van der Waals surface area (Å²) in [6.45, 7) is 13.1. The molecule has 3 atom stereocenters. The van der Waals surface area contributed by atoms with Gasteiger partial charge in [0, 0.05) is 6.61 Å². The molecular formula is C20H34OSi. The number of hydrogen-bond donors (Lipinski definition) is 0. The van der Waals surface area contributed by atoms with Crippen molar-refractivity contribution in [2.45, 2.75) is 71.2 Å². The fourth-order valence-electron chi connectivity index (χ4n) is 3.90. The van der Waals surface area contributed by atoms with E-state index in [0.717, 1.165) is 24.0 Å². The molecule has 22 heavy (non-hydrogen) atoms. The Morgan fingerprint density at radius 2 is 1.86 bits per heavy atom. The van der Waals surface area contributed by atoms with E-state index in [9.17, 15) is 0 Å². The summed E-state index contributed by atoms with van der Waals surface area (Å²) < 4.78 is 6.41. The molecule has 0 saturated carbocycles. The predicted molar refractivity (Wildman–Crippen MR) is 99.5 cm³/mol. The Morgan fingerprint density at radius 3 is 2.45 bits per heavy atom. The molecule has 1 fully saturated rings. The zero-order valence-electron chi connectivity index (χ0n) is 15.1. The van der Waals surface area contributed by atoms with Crippen molar-refractivity contribution in [3.63, 3.8) is 0 Å². The van der Waals surface area contributed by atoms with Crippen molar-refractivity contribution in [3.8, 4) is 0 Å². The molecule has 0 unspecified atom stereocenters. The standard InChI is InChI=1S/C20H34OSi/c1-6-7-13-19-20(14-17(15-21-19)16(2)3)22(4,5)18-11-9-8-10-12-18/h8-12,16-17,19-20H,6-7,13-15H2,1-5H3/t17-,19-,20+/m1/s1. The number of ether oxygens (including phenoxy) is 1. The summed E-state index contributed by atoms with van der Waals surface area (Å²) in [5.41, 5.74) is 0.752. The molecule has 0 aliphatic carbocycles. The lowest BCUT2D eigenvalue weighted by atomic mass is 9.87. The van der Waals surface area contributed by atoms with Gasteiger partial charge in [-0.3, -0.25) is 0 Å². The highest BCUT2D eigenvalue weighted by Crippen LogP contribution is 2.41. The van der Waals surface area contributed by atoms with Gasteiger partial charge in [0.1, 0.15) is 0 Å². The highest BCUT2D eigenvalue weighted by molar-refractivity contribution is 6.91. The Balaban J connectivity index is 2.23. The van der Waals surface area contributed by atoms with E-state index in [4.69, 9.17) is 4.74 Å². The van der Waals surface area contributed by atoms with Crippen LogP contribution in [0.3, 0.4) is 0 Å². The summed E-state index contributed by atoms with van der Waals surface area (Å²) in [6, 6.07) is 11.2. The maximum Gasteiger partial charge on any atom is 0.0862 e. The molecule has 2 rings (SSSR count). The average Bonchev–Trinajstić information content (AvgIpc) is 2.53. The van der Waals surface area contributed by atoms with Gasteiger partial charge < -0.3 is 4.74 Å². The van der Waals surface area contributed by atoms with Crippen LogP contribution in [-0.4, -0.2) is 20.8 Å². The highest BCUT2D eigenvalue weighted by atomic mass is 28.3. The molecule has 1 aromatic carbocycles. The monoisotopic (exact) mass is 318 g/mol. The van der Waals surface area contributed by atoms with Crippen LogP contribution in [0.25, 0.3) is 0 Å². The van der Waals surface area contributed by atoms with Crippen LogP contribution in [0.15, 0.2) is 30.3 Å². The summed E-state index contributed by atoms with van der Waals surface area (Å²) in [5, 5.41) is 1.59. The second-order valence-electron chi connectivity index (χ2n) is 7.95. The Hall–Kier alpha value is -0.603. The smallest absolute Gasteiger partial charge is 0.0862 e. The number of hydrogen-bond acceptors (Lipinski definition) is 1. The van der Waals surface area contributed by atoms with Crippen molar-refractivity contribution in [1.82, 2.24) is 0 Å². The third-order valence-corrected chi connectivity index (χ3v) is 10.0. The van der Waals surface area contributed by atoms with Crippen molar-refractivity contribution in [3.05, 3.63) is 30.3 Å². The first-order valence-corrected chi connectivity index (χ1v) is 12.2. The molecule has 0 aromatic heterocycles. The highest BCUT2D eigenvalue weighted by Gasteiger charge is 2.43. The second kappa shape index (κ2) is 7.78. The lowest BCUT2D eigenvalue weighted by molar-refractivity contribution is -0.0332. The van der Waals surface area contributed by atoms with Crippen LogP contribution in [0, 0.1) is 11.8 Å². The Labute approximate surface area is 138 Å². The van der Waals surface area contributed by atoms with Crippen LogP contribution in [0.4, 0.5) is 0 Å². The summed E-state index contributed by atoms with van der Waals surface area (Å²) in [6.07, 6.45) is 5.66. The normalized spacial score (nSPS) is 26.4. The van der Waals surface area contributed by atoms with Crippen LogP contribution in [-0.2, 0) is 4.74 Å². The van der Waals surface area contributed by atoms with E-state index in [1.807, 2.05) is 0 Å². The van der Waals surface area contributed by atoms with Crippen molar-refractivity contribution in [1.29, 1.82) is 0 Å². The molecule has 0 N–H and O–H groups in total. The molecule has 0 amide bonds. The van der Waals surface area contributed by atoms with Crippen LogP contribution < -0.4 is 5.19 Å².